The number of methoxy groups -OCH3 is 3. The Morgan fingerprint density at radius 3 is 2.47 bits per heavy atom. The maximum Gasteiger partial charge on any atom is 0.338 e. The highest BCUT2D eigenvalue weighted by Gasteiger charge is 2.35. The molecule has 0 bridgehead atoms. The Morgan fingerprint density at radius 1 is 1.11 bits per heavy atom. The van der Waals surface area contributed by atoms with Crippen LogP contribution in [0.4, 0.5) is 0 Å². The smallest absolute Gasteiger partial charge is 0.338 e. The first-order valence-corrected chi connectivity index (χ1v) is 12.7. The lowest BCUT2D eigenvalue weighted by Crippen LogP contribution is -2.40. The Morgan fingerprint density at radius 2 is 1.81 bits per heavy atom. The minimum Gasteiger partial charge on any atom is -0.497 e. The fourth-order valence-corrected chi connectivity index (χ4v) is 5.43. The Kier molecular flexibility index (Phi) is 7.65. The largest absolute Gasteiger partial charge is 0.497 e. The predicted molar refractivity (Wildman–Crippen MR) is 141 cm³/mol. The number of ether oxygens (including phenoxy) is 4. The van der Waals surface area contributed by atoms with E-state index in [0.29, 0.717) is 37.8 Å². The second kappa shape index (κ2) is 10.7. The Hall–Kier alpha value is -3.37. The van der Waals surface area contributed by atoms with Gasteiger partial charge in [0.1, 0.15) is 23.3 Å². The van der Waals surface area contributed by atoms with E-state index < -0.39 is 12.0 Å². The van der Waals surface area contributed by atoms with Gasteiger partial charge in [0, 0.05) is 16.1 Å². The van der Waals surface area contributed by atoms with Gasteiger partial charge in [0.05, 0.1) is 43.7 Å². The van der Waals surface area contributed by atoms with Crippen LogP contribution in [0.2, 0.25) is 0 Å². The number of esters is 1. The second-order valence-electron chi connectivity index (χ2n) is 7.80. The first kappa shape index (κ1) is 25.7. The van der Waals surface area contributed by atoms with Crippen LogP contribution in [0.1, 0.15) is 31.0 Å². The number of nitrogens with zero attached hydrogens (tertiary/aromatic N) is 2. The summed E-state index contributed by atoms with van der Waals surface area (Å²) in [6.45, 7) is 3.67. The van der Waals surface area contributed by atoms with Gasteiger partial charge < -0.3 is 18.9 Å². The van der Waals surface area contributed by atoms with E-state index in [2.05, 4.69) is 20.9 Å². The van der Waals surface area contributed by atoms with Gasteiger partial charge in [-0.05, 0) is 55.8 Å². The van der Waals surface area contributed by atoms with Crippen molar-refractivity contribution in [2.45, 2.75) is 19.9 Å². The summed E-state index contributed by atoms with van der Waals surface area (Å²) < 4.78 is 24.5. The fourth-order valence-electron chi connectivity index (χ4n) is 4.03. The maximum atomic E-state index is 13.8. The van der Waals surface area contributed by atoms with Crippen LogP contribution < -0.4 is 29.1 Å². The van der Waals surface area contributed by atoms with Crippen molar-refractivity contribution in [1.29, 1.82) is 0 Å². The van der Waals surface area contributed by atoms with Crippen LogP contribution >= 0.6 is 27.3 Å². The number of hydrogen-bond donors (Lipinski definition) is 0. The lowest BCUT2D eigenvalue weighted by atomic mass is 9.95. The third-order valence-electron chi connectivity index (χ3n) is 5.74. The lowest BCUT2D eigenvalue weighted by molar-refractivity contribution is -0.139. The molecule has 1 aromatic heterocycles. The van der Waals surface area contributed by atoms with Crippen LogP contribution in [-0.4, -0.2) is 38.5 Å². The normalized spacial score (nSPS) is 15.3. The summed E-state index contributed by atoms with van der Waals surface area (Å²) in [4.78, 5) is 32.0. The zero-order chi connectivity index (χ0) is 26.0. The van der Waals surface area contributed by atoms with Gasteiger partial charge in [0.15, 0.2) is 4.80 Å². The van der Waals surface area contributed by atoms with Gasteiger partial charge in [-0.2, -0.15) is 0 Å². The number of carbonyl (C=O) groups is 1. The van der Waals surface area contributed by atoms with E-state index in [9.17, 15) is 9.59 Å². The molecule has 188 valence electrons. The molecule has 1 aliphatic heterocycles. The number of aromatic nitrogens is 1. The molecule has 0 radical (unpaired) electrons. The highest BCUT2D eigenvalue weighted by molar-refractivity contribution is 9.10. The number of benzene rings is 2. The summed E-state index contributed by atoms with van der Waals surface area (Å²) >= 11 is 4.78. The molecule has 8 nitrogen and oxygen atoms in total. The number of hydrogen-bond acceptors (Lipinski definition) is 8. The summed E-state index contributed by atoms with van der Waals surface area (Å²) in [5, 5.41) is 0. The van der Waals surface area contributed by atoms with Gasteiger partial charge in [-0.15, -0.1) is 0 Å². The van der Waals surface area contributed by atoms with E-state index in [-0.39, 0.29) is 17.7 Å². The van der Waals surface area contributed by atoms with Gasteiger partial charge in [0.25, 0.3) is 5.56 Å². The lowest BCUT2D eigenvalue weighted by Gasteiger charge is -2.26. The molecule has 4 rings (SSSR count). The molecule has 0 saturated heterocycles. The van der Waals surface area contributed by atoms with Crippen LogP contribution in [-0.2, 0) is 9.53 Å². The Balaban J connectivity index is 2.00. The standard InChI is InChI=1S/C26H25BrN2O6S/c1-6-35-25(31)22-14(2)28-26-29(23(22)18-9-7-17(33-4)13-20(18)34-5)24(30)21(36-26)12-15-11-16(32-3)8-10-19(15)27/h7-13,23H,6H2,1-5H3/b21-12-/t23-/m0/s1. The number of fused-ring (bicyclic) bond motifs is 1. The predicted octanol–water partition coefficient (Wildman–Crippen LogP) is 3.59. The molecule has 2 aromatic carbocycles. The molecule has 1 aliphatic rings. The molecule has 3 aromatic rings. The van der Waals surface area contributed by atoms with E-state index >= 15 is 0 Å². The second-order valence-corrected chi connectivity index (χ2v) is 9.66. The molecule has 36 heavy (non-hydrogen) atoms. The average Bonchev–Trinajstić information content (AvgIpc) is 3.18. The molecule has 1 atom stereocenters. The SMILES string of the molecule is CCOC(=O)C1=C(C)N=c2s/c(=C\c3cc(OC)ccc3Br)c(=O)n2[C@H]1c1ccc(OC)cc1OC. The third-order valence-corrected chi connectivity index (χ3v) is 7.45. The molecule has 0 aliphatic carbocycles. The molecular weight excluding hydrogens is 548 g/mol. The van der Waals surface area contributed by atoms with Crippen molar-refractivity contribution in [3.05, 3.63) is 83.0 Å². The minimum absolute atomic E-state index is 0.191. The summed E-state index contributed by atoms with van der Waals surface area (Å²) in [6.07, 6.45) is 1.78. The molecule has 10 heteroatoms. The topological polar surface area (TPSA) is 88.4 Å². The number of allylic oxidation sites excluding steroid dienone is 1. The quantitative estimate of drug-likeness (QED) is 0.402. The first-order chi connectivity index (χ1) is 17.3. The molecule has 0 fully saturated rings. The van der Waals surface area contributed by atoms with Crippen molar-refractivity contribution in [2.24, 2.45) is 4.99 Å². The molecule has 0 amide bonds. The summed E-state index contributed by atoms with van der Waals surface area (Å²) in [6, 6.07) is 9.99. The van der Waals surface area contributed by atoms with Crippen molar-refractivity contribution < 1.29 is 23.7 Å². The van der Waals surface area contributed by atoms with Crippen molar-refractivity contribution >= 4 is 39.3 Å². The van der Waals surface area contributed by atoms with Gasteiger partial charge in [0.2, 0.25) is 0 Å². The minimum atomic E-state index is -0.794. The van der Waals surface area contributed by atoms with Gasteiger partial charge in [-0.25, -0.2) is 9.79 Å². The molecule has 2 heterocycles. The van der Waals surface area contributed by atoms with E-state index in [4.69, 9.17) is 18.9 Å². The zero-order valence-corrected chi connectivity index (χ0v) is 22.9. The molecular formula is C26H25BrN2O6S. The highest BCUT2D eigenvalue weighted by Crippen LogP contribution is 2.37. The van der Waals surface area contributed by atoms with Crippen LogP contribution in [0.5, 0.6) is 17.2 Å². The van der Waals surface area contributed by atoms with Crippen molar-refractivity contribution in [2.75, 3.05) is 27.9 Å². The number of thiazole rings is 1. The zero-order valence-electron chi connectivity index (χ0n) is 20.5. The monoisotopic (exact) mass is 572 g/mol. The van der Waals surface area contributed by atoms with Crippen LogP contribution in [0.3, 0.4) is 0 Å². The summed E-state index contributed by atoms with van der Waals surface area (Å²) in [5.41, 5.74) is 1.87. The molecule has 0 N–H and O–H groups in total. The van der Waals surface area contributed by atoms with Gasteiger partial charge >= 0.3 is 5.97 Å². The van der Waals surface area contributed by atoms with Crippen molar-refractivity contribution in [3.63, 3.8) is 0 Å². The van der Waals surface area contributed by atoms with E-state index in [1.54, 1.807) is 52.3 Å². The Labute approximate surface area is 220 Å². The summed E-state index contributed by atoms with van der Waals surface area (Å²) in [5.74, 6) is 1.19. The number of halogens is 1. The van der Waals surface area contributed by atoms with E-state index in [0.717, 1.165) is 10.0 Å². The number of carbonyl (C=O) groups excluding carboxylic acids is 1. The van der Waals surface area contributed by atoms with Gasteiger partial charge in [-0.3, -0.25) is 9.36 Å². The molecule has 0 spiro atoms. The van der Waals surface area contributed by atoms with Crippen LogP contribution in [0.25, 0.3) is 6.08 Å². The molecule has 0 saturated carbocycles. The van der Waals surface area contributed by atoms with Crippen molar-refractivity contribution in [1.82, 2.24) is 4.57 Å². The van der Waals surface area contributed by atoms with Gasteiger partial charge in [-0.1, -0.05) is 27.3 Å². The van der Waals surface area contributed by atoms with Crippen molar-refractivity contribution in [3.8, 4) is 17.2 Å². The highest BCUT2D eigenvalue weighted by atomic mass is 79.9. The Bertz CT molecular complexity index is 1540. The molecule has 0 unspecified atom stereocenters. The fraction of sp³-hybridized carbons (Fsp3) is 0.269. The average molecular weight is 573 g/mol. The first-order valence-electron chi connectivity index (χ1n) is 11.1. The van der Waals surface area contributed by atoms with E-state index in [1.807, 2.05) is 18.2 Å². The summed E-state index contributed by atoms with van der Waals surface area (Å²) in [7, 11) is 4.67. The third kappa shape index (κ3) is 4.70. The number of rotatable bonds is 7. The maximum absolute atomic E-state index is 13.8. The van der Waals surface area contributed by atoms with Crippen LogP contribution in [0, 0.1) is 0 Å². The van der Waals surface area contributed by atoms with E-state index in [1.165, 1.54) is 23.0 Å². The van der Waals surface area contributed by atoms with Crippen LogP contribution in [0.15, 0.2) is 61.9 Å².